The minimum atomic E-state index is -1.05. The largest absolute Gasteiger partial charge is 0.477 e. The number of carbonyl (C=O) groups is 1. The number of nitrogens with zero attached hydrogens (tertiary/aromatic N) is 1. The van der Waals surface area contributed by atoms with E-state index < -0.39 is 5.97 Å². The summed E-state index contributed by atoms with van der Waals surface area (Å²) in [5.74, 6) is -0.916. The highest BCUT2D eigenvalue weighted by atomic mass is 16.4. The first kappa shape index (κ1) is 11.5. The van der Waals surface area contributed by atoms with Crippen molar-refractivity contribution in [3.05, 3.63) is 24.0 Å². The van der Waals surface area contributed by atoms with Gasteiger partial charge in [0.05, 0.1) is 0 Å². The normalized spacial score (nSPS) is 12.1. The third kappa shape index (κ3) is 3.55. The molecule has 82 valence electrons. The van der Waals surface area contributed by atoms with Gasteiger partial charge in [0.25, 0.3) is 0 Å². The van der Waals surface area contributed by atoms with Gasteiger partial charge in [-0.1, -0.05) is 6.92 Å². The molecule has 0 amide bonds. The molecular formula is C10H14N2O3. The zero-order valence-corrected chi connectivity index (χ0v) is 8.47. The summed E-state index contributed by atoms with van der Waals surface area (Å²) < 4.78 is 0. The minimum Gasteiger partial charge on any atom is -0.477 e. The van der Waals surface area contributed by atoms with Crippen LogP contribution in [0, 0.1) is 5.92 Å². The fraction of sp³-hybridized carbons (Fsp3) is 0.400. The second-order valence-electron chi connectivity index (χ2n) is 3.40. The van der Waals surface area contributed by atoms with E-state index in [2.05, 4.69) is 10.3 Å². The summed E-state index contributed by atoms with van der Waals surface area (Å²) in [6, 6.07) is 3.16. The van der Waals surface area contributed by atoms with Gasteiger partial charge < -0.3 is 15.5 Å². The highest BCUT2D eigenvalue weighted by molar-refractivity contribution is 5.86. The van der Waals surface area contributed by atoms with Crippen LogP contribution in [-0.4, -0.2) is 34.3 Å². The third-order valence-corrected chi connectivity index (χ3v) is 1.95. The van der Waals surface area contributed by atoms with Gasteiger partial charge in [-0.15, -0.1) is 0 Å². The van der Waals surface area contributed by atoms with E-state index in [4.69, 9.17) is 10.2 Å². The van der Waals surface area contributed by atoms with Gasteiger partial charge in [0.15, 0.2) is 0 Å². The van der Waals surface area contributed by atoms with E-state index in [0.717, 1.165) is 0 Å². The lowest BCUT2D eigenvalue weighted by atomic mass is 10.2. The Bertz CT molecular complexity index is 341. The predicted molar refractivity (Wildman–Crippen MR) is 55.9 cm³/mol. The monoisotopic (exact) mass is 210 g/mol. The lowest BCUT2D eigenvalue weighted by molar-refractivity contribution is 0.0690. The van der Waals surface area contributed by atoms with E-state index in [0.29, 0.717) is 12.2 Å². The lowest BCUT2D eigenvalue weighted by Gasteiger charge is -2.10. The molecular weight excluding hydrogens is 196 g/mol. The van der Waals surface area contributed by atoms with Crippen LogP contribution in [0.25, 0.3) is 0 Å². The molecule has 0 aliphatic heterocycles. The van der Waals surface area contributed by atoms with Gasteiger partial charge in [0, 0.05) is 25.0 Å². The average molecular weight is 210 g/mol. The smallest absolute Gasteiger partial charge is 0.354 e. The fourth-order valence-corrected chi connectivity index (χ4v) is 1.01. The molecule has 5 nitrogen and oxygen atoms in total. The van der Waals surface area contributed by atoms with Crippen LogP contribution in [0.5, 0.6) is 0 Å². The van der Waals surface area contributed by atoms with E-state index in [-0.39, 0.29) is 18.2 Å². The van der Waals surface area contributed by atoms with Crippen LogP contribution in [-0.2, 0) is 0 Å². The Hall–Kier alpha value is -1.62. The number of hydrogen-bond acceptors (Lipinski definition) is 4. The van der Waals surface area contributed by atoms with Crippen molar-refractivity contribution >= 4 is 11.7 Å². The number of aromatic carboxylic acids is 1. The number of nitrogens with one attached hydrogen (secondary N) is 1. The molecule has 0 saturated heterocycles. The van der Waals surface area contributed by atoms with Crippen molar-refractivity contribution in [2.75, 3.05) is 18.5 Å². The van der Waals surface area contributed by atoms with Crippen LogP contribution < -0.4 is 5.32 Å². The molecule has 0 aliphatic rings. The Balaban J connectivity index is 2.62. The van der Waals surface area contributed by atoms with Crippen molar-refractivity contribution in [1.82, 2.24) is 4.98 Å². The van der Waals surface area contributed by atoms with E-state index in [1.165, 1.54) is 12.3 Å². The highest BCUT2D eigenvalue weighted by Crippen LogP contribution is 2.08. The summed E-state index contributed by atoms with van der Waals surface area (Å²) in [5, 5.41) is 20.5. The summed E-state index contributed by atoms with van der Waals surface area (Å²) in [6.45, 7) is 2.59. The Kier molecular flexibility index (Phi) is 4.05. The first-order chi connectivity index (χ1) is 7.13. The number of carboxylic acid groups (broad SMARTS) is 1. The molecule has 0 fully saturated rings. The maximum Gasteiger partial charge on any atom is 0.354 e. The van der Waals surface area contributed by atoms with E-state index >= 15 is 0 Å². The Morgan fingerprint density at radius 1 is 1.67 bits per heavy atom. The summed E-state index contributed by atoms with van der Waals surface area (Å²) in [4.78, 5) is 14.3. The molecule has 1 unspecified atom stereocenters. The van der Waals surface area contributed by atoms with Crippen molar-refractivity contribution in [1.29, 1.82) is 0 Å². The summed E-state index contributed by atoms with van der Waals surface area (Å²) in [5.41, 5.74) is 0.708. The summed E-state index contributed by atoms with van der Waals surface area (Å²) in [7, 11) is 0. The molecule has 1 aromatic heterocycles. The molecule has 0 spiro atoms. The number of carboxylic acids is 1. The number of aliphatic hydroxyl groups excluding tert-OH is 1. The SMILES string of the molecule is CC(CO)CNc1ccnc(C(=O)O)c1. The lowest BCUT2D eigenvalue weighted by Crippen LogP contribution is -2.14. The van der Waals surface area contributed by atoms with Crippen LogP contribution >= 0.6 is 0 Å². The number of aromatic nitrogens is 1. The molecule has 0 radical (unpaired) electrons. The van der Waals surface area contributed by atoms with Crippen molar-refractivity contribution in [3.63, 3.8) is 0 Å². The van der Waals surface area contributed by atoms with Crippen molar-refractivity contribution in [2.45, 2.75) is 6.92 Å². The van der Waals surface area contributed by atoms with E-state index in [9.17, 15) is 4.79 Å². The second-order valence-corrected chi connectivity index (χ2v) is 3.40. The van der Waals surface area contributed by atoms with Gasteiger partial charge >= 0.3 is 5.97 Å². The maximum absolute atomic E-state index is 10.6. The highest BCUT2D eigenvalue weighted by Gasteiger charge is 2.05. The molecule has 5 heteroatoms. The van der Waals surface area contributed by atoms with Crippen LogP contribution in [0.15, 0.2) is 18.3 Å². The molecule has 0 bridgehead atoms. The molecule has 3 N–H and O–H groups in total. The van der Waals surface area contributed by atoms with Crippen molar-refractivity contribution in [2.24, 2.45) is 5.92 Å². The van der Waals surface area contributed by atoms with Gasteiger partial charge in [-0.05, 0) is 18.1 Å². The summed E-state index contributed by atoms with van der Waals surface area (Å²) >= 11 is 0. The van der Waals surface area contributed by atoms with Crippen molar-refractivity contribution in [3.8, 4) is 0 Å². The minimum absolute atomic E-state index is 0.0108. The quantitative estimate of drug-likeness (QED) is 0.670. The van der Waals surface area contributed by atoms with Gasteiger partial charge in [0.2, 0.25) is 0 Å². The van der Waals surface area contributed by atoms with Crippen LogP contribution in [0.2, 0.25) is 0 Å². The third-order valence-electron chi connectivity index (χ3n) is 1.95. The van der Waals surface area contributed by atoms with Crippen LogP contribution in [0.4, 0.5) is 5.69 Å². The number of rotatable bonds is 5. The molecule has 15 heavy (non-hydrogen) atoms. The first-order valence-corrected chi connectivity index (χ1v) is 4.67. The Labute approximate surface area is 87.8 Å². The van der Waals surface area contributed by atoms with Gasteiger partial charge in [-0.25, -0.2) is 9.78 Å². The number of anilines is 1. The Morgan fingerprint density at radius 2 is 2.40 bits per heavy atom. The van der Waals surface area contributed by atoms with E-state index in [1.54, 1.807) is 6.07 Å². The van der Waals surface area contributed by atoms with Gasteiger partial charge in [0.1, 0.15) is 5.69 Å². The first-order valence-electron chi connectivity index (χ1n) is 4.67. The molecule has 1 rings (SSSR count). The zero-order chi connectivity index (χ0) is 11.3. The van der Waals surface area contributed by atoms with Crippen LogP contribution in [0.3, 0.4) is 0 Å². The number of pyridine rings is 1. The molecule has 1 aromatic rings. The van der Waals surface area contributed by atoms with Crippen LogP contribution in [0.1, 0.15) is 17.4 Å². The van der Waals surface area contributed by atoms with Gasteiger partial charge in [-0.2, -0.15) is 0 Å². The molecule has 0 aromatic carbocycles. The second kappa shape index (κ2) is 5.31. The topological polar surface area (TPSA) is 82.5 Å². The summed E-state index contributed by atoms with van der Waals surface area (Å²) in [6.07, 6.45) is 1.44. The molecule has 1 atom stereocenters. The van der Waals surface area contributed by atoms with Crippen molar-refractivity contribution < 1.29 is 15.0 Å². The molecule has 0 saturated carbocycles. The zero-order valence-electron chi connectivity index (χ0n) is 8.47. The average Bonchev–Trinajstić information content (AvgIpc) is 2.26. The van der Waals surface area contributed by atoms with Gasteiger partial charge in [-0.3, -0.25) is 0 Å². The molecule has 0 aliphatic carbocycles. The standard InChI is InChI=1S/C10H14N2O3/c1-7(6-13)5-12-8-2-3-11-9(4-8)10(14)15/h2-4,7,13H,5-6H2,1H3,(H,11,12)(H,14,15). The number of hydrogen-bond donors (Lipinski definition) is 3. The van der Waals surface area contributed by atoms with E-state index in [1.807, 2.05) is 6.92 Å². The number of aliphatic hydroxyl groups is 1. The molecule has 1 heterocycles. The Morgan fingerprint density at radius 3 is 3.00 bits per heavy atom. The maximum atomic E-state index is 10.6. The fourth-order valence-electron chi connectivity index (χ4n) is 1.01. The predicted octanol–water partition coefficient (Wildman–Crippen LogP) is 0.820.